The first-order chi connectivity index (χ1) is 16.0. The van der Waals surface area contributed by atoms with Crippen LogP contribution in [0.25, 0.3) is 11.3 Å². The molecule has 0 spiro atoms. The zero-order chi connectivity index (χ0) is 23.2. The van der Waals surface area contributed by atoms with E-state index in [2.05, 4.69) is 16.0 Å². The molecule has 33 heavy (non-hydrogen) atoms. The summed E-state index contributed by atoms with van der Waals surface area (Å²) in [6, 6.07) is 15.2. The molecule has 2 amide bonds. The SMILES string of the molecule is CC(CNC(=O)c1ccc(F)cc1)C(=O)Nc1nc(-c2ccccc2)c(CNCC2CC2)s1. The first kappa shape index (κ1) is 23.1. The fraction of sp³-hybridized carbons (Fsp3) is 0.320. The zero-order valence-corrected chi connectivity index (χ0v) is 19.3. The Hall–Kier alpha value is -3.10. The second-order valence-corrected chi connectivity index (χ2v) is 9.42. The van der Waals surface area contributed by atoms with Crippen LogP contribution in [0.15, 0.2) is 54.6 Å². The van der Waals surface area contributed by atoms with Crippen LogP contribution in [0.3, 0.4) is 0 Å². The minimum atomic E-state index is -0.463. The summed E-state index contributed by atoms with van der Waals surface area (Å²) in [5.74, 6) is -0.655. The highest BCUT2D eigenvalue weighted by molar-refractivity contribution is 7.16. The second-order valence-electron chi connectivity index (χ2n) is 8.34. The summed E-state index contributed by atoms with van der Waals surface area (Å²) in [6.07, 6.45) is 2.58. The number of carbonyl (C=O) groups excluding carboxylic acids is 2. The van der Waals surface area contributed by atoms with Gasteiger partial charge >= 0.3 is 0 Å². The molecule has 0 bridgehead atoms. The highest BCUT2D eigenvalue weighted by atomic mass is 32.1. The molecular formula is C25H27FN4O2S. The van der Waals surface area contributed by atoms with E-state index in [1.54, 1.807) is 6.92 Å². The topological polar surface area (TPSA) is 83.1 Å². The number of nitrogens with one attached hydrogen (secondary N) is 3. The van der Waals surface area contributed by atoms with Crippen molar-refractivity contribution in [1.82, 2.24) is 15.6 Å². The van der Waals surface area contributed by atoms with Crippen molar-refractivity contribution in [2.45, 2.75) is 26.3 Å². The Morgan fingerprint density at radius 2 is 1.85 bits per heavy atom. The van der Waals surface area contributed by atoms with Gasteiger partial charge in [0.15, 0.2) is 5.13 Å². The maximum Gasteiger partial charge on any atom is 0.251 e. The molecule has 1 atom stereocenters. The summed E-state index contributed by atoms with van der Waals surface area (Å²) in [5.41, 5.74) is 2.23. The van der Waals surface area contributed by atoms with Crippen molar-refractivity contribution in [3.05, 3.63) is 70.9 Å². The monoisotopic (exact) mass is 466 g/mol. The highest BCUT2D eigenvalue weighted by Gasteiger charge is 2.22. The van der Waals surface area contributed by atoms with Crippen LogP contribution < -0.4 is 16.0 Å². The molecule has 8 heteroatoms. The summed E-state index contributed by atoms with van der Waals surface area (Å²) >= 11 is 1.47. The highest BCUT2D eigenvalue weighted by Crippen LogP contribution is 2.32. The van der Waals surface area contributed by atoms with Gasteiger partial charge in [-0.05, 0) is 49.6 Å². The number of rotatable bonds is 10. The summed E-state index contributed by atoms with van der Waals surface area (Å²) in [4.78, 5) is 30.7. The van der Waals surface area contributed by atoms with Crippen molar-refractivity contribution >= 4 is 28.3 Å². The lowest BCUT2D eigenvalue weighted by Gasteiger charge is -2.12. The van der Waals surface area contributed by atoms with Gasteiger partial charge in [0, 0.05) is 29.1 Å². The van der Waals surface area contributed by atoms with E-state index in [0.717, 1.165) is 28.6 Å². The number of anilines is 1. The van der Waals surface area contributed by atoms with Crippen LogP contribution in [-0.2, 0) is 11.3 Å². The third kappa shape index (κ3) is 6.46. The average Bonchev–Trinajstić information content (AvgIpc) is 3.57. The quantitative estimate of drug-likeness (QED) is 0.412. The number of halogens is 1. The second kappa shape index (κ2) is 10.7. The summed E-state index contributed by atoms with van der Waals surface area (Å²) in [5, 5.41) is 9.66. The van der Waals surface area contributed by atoms with Crippen LogP contribution in [0.5, 0.6) is 0 Å². The smallest absolute Gasteiger partial charge is 0.251 e. The number of carbonyl (C=O) groups is 2. The molecule has 0 saturated heterocycles. The Morgan fingerprint density at radius 3 is 2.55 bits per heavy atom. The van der Waals surface area contributed by atoms with Crippen molar-refractivity contribution in [2.24, 2.45) is 11.8 Å². The van der Waals surface area contributed by atoms with Crippen molar-refractivity contribution < 1.29 is 14.0 Å². The minimum absolute atomic E-state index is 0.161. The van der Waals surface area contributed by atoms with Gasteiger partial charge in [0.25, 0.3) is 5.91 Å². The number of hydrogen-bond donors (Lipinski definition) is 3. The Balaban J connectivity index is 1.37. The molecule has 1 fully saturated rings. The predicted molar refractivity (Wildman–Crippen MR) is 129 cm³/mol. The molecule has 1 aliphatic rings. The molecule has 2 aromatic carbocycles. The van der Waals surface area contributed by atoms with Crippen LogP contribution in [0.4, 0.5) is 9.52 Å². The maximum atomic E-state index is 13.0. The molecule has 6 nitrogen and oxygen atoms in total. The van der Waals surface area contributed by atoms with Crippen molar-refractivity contribution in [3.8, 4) is 11.3 Å². The first-order valence-corrected chi connectivity index (χ1v) is 11.9. The summed E-state index contributed by atoms with van der Waals surface area (Å²) in [6.45, 7) is 3.61. The Kier molecular flexibility index (Phi) is 7.47. The molecule has 1 aliphatic carbocycles. The van der Waals surface area contributed by atoms with Gasteiger partial charge in [-0.2, -0.15) is 0 Å². The van der Waals surface area contributed by atoms with E-state index < -0.39 is 11.7 Å². The Labute approximate surface area is 196 Å². The van der Waals surface area contributed by atoms with Crippen LogP contribution >= 0.6 is 11.3 Å². The third-order valence-electron chi connectivity index (χ3n) is 5.51. The largest absolute Gasteiger partial charge is 0.351 e. The minimum Gasteiger partial charge on any atom is -0.351 e. The molecule has 1 heterocycles. The molecule has 172 valence electrons. The fourth-order valence-corrected chi connectivity index (χ4v) is 4.29. The van der Waals surface area contributed by atoms with E-state index in [1.165, 1.54) is 48.4 Å². The van der Waals surface area contributed by atoms with Crippen molar-refractivity contribution in [3.63, 3.8) is 0 Å². The summed E-state index contributed by atoms with van der Waals surface area (Å²) < 4.78 is 13.0. The normalized spacial score (nSPS) is 14.0. The van der Waals surface area contributed by atoms with Gasteiger partial charge in [0.1, 0.15) is 5.82 Å². The third-order valence-corrected chi connectivity index (χ3v) is 6.48. The van der Waals surface area contributed by atoms with Gasteiger partial charge in [0.2, 0.25) is 5.91 Å². The molecule has 3 aromatic rings. The number of amides is 2. The van der Waals surface area contributed by atoms with E-state index in [9.17, 15) is 14.0 Å². The standard InChI is InChI=1S/C25H27FN4O2S/c1-16(13-28-24(32)19-9-11-20(26)12-10-19)23(31)30-25-29-22(18-5-3-2-4-6-18)21(33-25)15-27-14-17-7-8-17/h2-6,9-12,16-17,27H,7-8,13-15H2,1H3,(H,28,32)(H,29,30,31). The Bertz CT molecular complexity index is 1100. The number of nitrogens with zero attached hydrogens (tertiary/aromatic N) is 1. The van der Waals surface area contributed by atoms with Crippen molar-refractivity contribution in [2.75, 3.05) is 18.4 Å². The number of thiazole rings is 1. The molecular weight excluding hydrogens is 439 g/mol. The van der Waals surface area contributed by atoms with Gasteiger partial charge in [-0.25, -0.2) is 9.37 Å². The molecule has 0 aliphatic heterocycles. The molecule has 4 rings (SSSR count). The van der Waals surface area contributed by atoms with E-state index >= 15 is 0 Å². The Morgan fingerprint density at radius 1 is 1.12 bits per heavy atom. The van der Waals surface area contributed by atoms with E-state index in [-0.39, 0.29) is 18.4 Å². The zero-order valence-electron chi connectivity index (χ0n) is 18.4. The number of benzene rings is 2. The molecule has 3 N–H and O–H groups in total. The van der Waals surface area contributed by atoms with E-state index in [4.69, 9.17) is 4.98 Å². The first-order valence-electron chi connectivity index (χ1n) is 11.1. The molecule has 0 radical (unpaired) electrons. The predicted octanol–water partition coefficient (Wildman–Crippen LogP) is 4.45. The molecule has 1 saturated carbocycles. The van der Waals surface area contributed by atoms with Gasteiger partial charge < -0.3 is 16.0 Å². The van der Waals surface area contributed by atoms with Gasteiger partial charge in [-0.3, -0.25) is 9.59 Å². The number of aromatic nitrogens is 1. The van der Waals surface area contributed by atoms with Crippen LogP contribution in [0.2, 0.25) is 0 Å². The van der Waals surface area contributed by atoms with Crippen LogP contribution in [-0.4, -0.2) is 29.9 Å². The van der Waals surface area contributed by atoms with Crippen molar-refractivity contribution in [1.29, 1.82) is 0 Å². The van der Waals surface area contributed by atoms with Gasteiger partial charge in [-0.15, -0.1) is 0 Å². The van der Waals surface area contributed by atoms with E-state index in [1.807, 2.05) is 30.3 Å². The lowest BCUT2D eigenvalue weighted by Crippen LogP contribution is -2.34. The van der Waals surface area contributed by atoms with Gasteiger partial charge in [0.05, 0.1) is 11.6 Å². The maximum absolute atomic E-state index is 13.0. The van der Waals surface area contributed by atoms with Gasteiger partial charge in [-0.1, -0.05) is 48.6 Å². The van der Waals surface area contributed by atoms with Crippen LogP contribution in [0, 0.1) is 17.7 Å². The fourth-order valence-electron chi connectivity index (χ4n) is 3.33. The van der Waals surface area contributed by atoms with E-state index in [0.29, 0.717) is 17.2 Å². The summed E-state index contributed by atoms with van der Waals surface area (Å²) in [7, 11) is 0. The lowest BCUT2D eigenvalue weighted by atomic mass is 10.1. The molecule has 1 aromatic heterocycles. The molecule has 1 unspecified atom stereocenters. The number of hydrogen-bond acceptors (Lipinski definition) is 5. The lowest BCUT2D eigenvalue weighted by molar-refractivity contribution is -0.119. The van der Waals surface area contributed by atoms with Crippen LogP contribution in [0.1, 0.15) is 35.0 Å². The average molecular weight is 467 g/mol.